The Labute approximate surface area is 170 Å². The Hall–Kier alpha value is -1.84. The van der Waals surface area contributed by atoms with E-state index in [-0.39, 0.29) is 0 Å². The molecule has 1 saturated carbocycles. The van der Waals surface area contributed by atoms with Crippen molar-refractivity contribution in [1.29, 1.82) is 0 Å². The fraction of sp³-hybridized carbons (Fsp3) is 0.667. The third kappa shape index (κ3) is 5.36. The zero-order chi connectivity index (χ0) is 20.5. The number of carbonyl (C=O) groups excluding carboxylic acids is 2. The molecular weight excluding hydrogens is 352 g/mol. The van der Waals surface area contributed by atoms with Crippen LogP contribution in [0.25, 0.3) is 0 Å². The first-order valence-corrected chi connectivity index (χ1v) is 10.9. The zero-order valence-electron chi connectivity index (χ0n) is 18.1. The maximum atomic E-state index is 12.8. The lowest BCUT2D eigenvalue weighted by Gasteiger charge is -2.22. The molecule has 2 rings (SSSR count). The lowest BCUT2D eigenvalue weighted by atomic mass is 9.83. The second-order valence-electron chi connectivity index (χ2n) is 7.97. The molecule has 1 aromatic rings. The van der Waals surface area contributed by atoms with Crippen molar-refractivity contribution >= 4 is 11.9 Å². The zero-order valence-corrected chi connectivity index (χ0v) is 18.1. The van der Waals surface area contributed by atoms with E-state index < -0.39 is 11.9 Å². The van der Waals surface area contributed by atoms with E-state index in [1.54, 1.807) is 0 Å². The number of aryl methyl sites for hydroxylation is 1. The molecule has 28 heavy (non-hydrogen) atoms. The van der Waals surface area contributed by atoms with Gasteiger partial charge in [0.1, 0.15) is 0 Å². The van der Waals surface area contributed by atoms with Crippen molar-refractivity contribution in [2.24, 2.45) is 5.92 Å². The molecule has 0 N–H and O–H groups in total. The average Bonchev–Trinajstić information content (AvgIpc) is 3.22. The molecule has 0 atom stereocenters. The Balaban J connectivity index is 2.66. The molecular formula is C24H36O4. The monoisotopic (exact) mass is 388 g/mol. The Bertz CT molecular complexity index is 672. The first kappa shape index (κ1) is 22.4. The summed E-state index contributed by atoms with van der Waals surface area (Å²) in [7, 11) is 2.77. The highest BCUT2D eigenvalue weighted by Gasteiger charge is 2.29. The lowest BCUT2D eigenvalue weighted by Crippen LogP contribution is -2.20. The Morgan fingerprint density at radius 3 is 2.04 bits per heavy atom. The second kappa shape index (κ2) is 11.2. The van der Waals surface area contributed by atoms with Gasteiger partial charge in [0.2, 0.25) is 0 Å². The van der Waals surface area contributed by atoms with E-state index in [0.717, 1.165) is 56.1 Å². The van der Waals surface area contributed by atoms with Crippen LogP contribution in [0.4, 0.5) is 0 Å². The van der Waals surface area contributed by atoms with Gasteiger partial charge < -0.3 is 9.47 Å². The molecule has 156 valence electrons. The Morgan fingerprint density at radius 1 is 0.893 bits per heavy atom. The molecule has 0 amide bonds. The number of hydrogen-bond acceptors (Lipinski definition) is 4. The summed E-state index contributed by atoms with van der Waals surface area (Å²) in [5, 5.41) is 0. The predicted molar refractivity (Wildman–Crippen MR) is 112 cm³/mol. The van der Waals surface area contributed by atoms with Gasteiger partial charge in [-0.25, -0.2) is 9.59 Å². The normalized spacial score (nSPS) is 14.3. The number of unbranched alkanes of at least 4 members (excludes halogenated alkanes) is 2. The number of carbonyl (C=O) groups is 2. The molecule has 1 aromatic carbocycles. The van der Waals surface area contributed by atoms with E-state index in [9.17, 15) is 9.59 Å². The third-order valence-electron chi connectivity index (χ3n) is 5.95. The molecule has 0 aromatic heterocycles. The number of methoxy groups -OCH3 is 2. The summed E-state index contributed by atoms with van der Waals surface area (Å²) >= 11 is 0. The van der Waals surface area contributed by atoms with Gasteiger partial charge in [0.05, 0.1) is 25.3 Å². The van der Waals surface area contributed by atoms with Gasteiger partial charge in [0.15, 0.2) is 0 Å². The minimum absolute atomic E-state index is 0.419. The maximum absolute atomic E-state index is 12.8. The topological polar surface area (TPSA) is 52.6 Å². The van der Waals surface area contributed by atoms with Crippen LogP contribution in [0.1, 0.15) is 103 Å². The number of rotatable bonds is 10. The number of hydrogen-bond donors (Lipinski definition) is 0. The lowest BCUT2D eigenvalue weighted by molar-refractivity contribution is 0.0553. The highest BCUT2D eigenvalue weighted by atomic mass is 16.5. The van der Waals surface area contributed by atoms with Crippen molar-refractivity contribution in [3.05, 3.63) is 33.9 Å². The van der Waals surface area contributed by atoms with Crippen LogP contribution in [-0.4, -0.2) is 26.2 Å². The summed E-state index contributed by atoms with van der Waals surface area (Å²) in [6.45, 7) is 4.28. The fourth-order valence-corrected chi connectivity index (χ4v) is 4.42. The fourth-order valence-electron chi connectivity index (χ4n) is 4.42. The van der Waals surface area contributed by atoms with E-state index in [1.807, 2.05) is 0 Å². The first-order chi connectivity index (χ1) is 13.6. The Kier molecular flexibility index (Phi) is 9.01. The molecule has 0 heterocycles. The van der Waals surface area contributed by atoms with Crippen LogP contribution in [0, 0.1) is 5.92 Å². The minimum Gasteiger partial charge on any atom is -0.465 e. The van der Waals surface area contributed by atoms with Crippen LogP contribution in [0.3, 0.4) is 0 Å². The molecule has 1 aliphatic carbocycles. The van der Waals surface area contributed by atoms with Crippen molar-refractivity contribution in [3.63, 3.8) is 0 Å². The van der Waals surface area contributed by atoms with Gasteiger partial charge in [-0.15, -0.1) is 0 Å². The first-order valence-electron chi connectivity index (χ1n) is 10.9. The highest BCUT2D eigenvalue weighted by Crippen LogP contribution is 2.34. The van der Waals surface area contributed by atoms with Gasteiger partial charge in [-0.1, -0.05) is 58.4 Å². The molecule has 1 fully saturated rings. The molecule has 4 heteroatoms. The van der Waals surface area contributed by atoms with Gasteiger partial charge in [-0.2, -0.15) is 0 Å². The minimum atomic E-state index is -0.434. The van der Waals surface area contributed by atoms with Crippen LogP contribution in [0.2, 0.25) is 0 Å². The molecule has 0 spiro atoms. The smallest absolute Gasteiger partial charge is 0.339 e. The van der Waals surface area contributed by atoms with Crippen LogP contribution >= 0.6 is 0 Å². The van der Waals surface area contributed by atoms with Gasteiger partial charge in [-0.3, -0.25) is 0 Å². The van der Waals surface area contributed by atoms with Crippen molar-refractivity contribution < 1.29 is 19.1 Å². The molecule has 1 aliphatic rings. The standard InChI is InChI=1S/C24H36O4/c1-5-7-13-18-16-19(15-17-11-9-10-12-17)20(14-8-6-2)22(24(26)28-4)21(18)23(25)27-3/h16-17H,5-15H2,1-4H3. The van der Waals surface area contributed by atoms with Crippen molar-refractivity contribution in [3.8, 4) is 0 Å². The van der Waals surface area contributed by atoms with E-state index in [1.165, 1.54) is 45.5 Å². The third-order valence-corrected chi connectivity index (χ3v) is 5.95. The molecule has 0 unspecified atom stereocenters. The van der Waals surface area contributed by atoms with E-state index >= 15 is 0 Å². The van der Waals surface area contributed by atoms with Crippen molar-refractivity contribution in [1.82, 2.24) is 0 Å². The van der Waals surface area contributed by atoms with Crippen LogP contribution in [0.15, 0.2) is 6.07 Å². The average molecular weight is 389 g/mol. The summed E-state index contributed by atoms with van der Waals surface area (Å²) in [4.78, 5) is 25.5. The number of esters is 2. The molecule has 0 aliphatic heterocycles. The van der Waals surface area contributed by atoms with Gasteiger partial charge in [-0.05, 0) is 54.7 Å². The molecule has 0 bridgehead atoms. The summed E-state index contributed by atoms with van der Waals surface area (Å²) in [6.07, 6.45) is 11.7. The number of ether oxygens (including phenoxy) is 2. The SMILES string of the molecule is CCCCc1cc(CC2CCCC2)c(CCCC)c(C(=O)OC)c1C(=O)OC. The summed E-state index contributed by atoms with van der Waals surface area (Å²) in [6, 6.07) is 2.19. The van der Waals surface area contributed by atoms with Crippen LogP contribution in [-0.2, 0) is 28.7 Å². The Morgan fingerprint density at radius 2 is 1.46 bits per heavy atom. The van der Waals surface area contributed by atoms with E-state index in [4.69, 9.17) is 9.47 Å². The van der Waals surface area contributed by atoms with Gasteiger partial charge in [0, 0.05) is 0 Å². The highest BCUT2D eigenvalue weighted by molar-refractivity contribution is 6.05. The maximum Gasteiger partial charge on any atom is 0.339 e. The quantitative estimate of drug-likeness (QED) is 0.484. The molecule has 4 nitrogen and oxygen atoms in total. The van der Waals surface area contributed by atoms with Gasteiger partial charge >= 0.3 is 11.9 Å². The van der Waals surface area contributed by atoms with Crippen LogP contribution in [0.5, 0.6) is 0 Å². The summed E-state index contributed by atoms with van der Waals surface area (Å²) in [5.41, 5.74) is 4.04. The predicted octanol–water partition coefficient (Wildman–Crippen LogP) is 5.68. The number of benzene rings is 1. The summed E-state index contributed by atoms with van der Waals surface area (Å²) in [5.74, 6) is -0.178. The van der Waals surface area contributed by atoms with Gasteiger partial charge in [0.25, 0.3) is 0 Å². The van der Waals surface area contributed by atoms with Crippen molar-refractivity contribution in [2.75, 3.05) is 14.2 Å². The summed E-state index contributed by atoms with van der Waals surface area (Å²) < 4.78 is 10.2. The largest absolute Gasteiger partial charge is 0.465 e. The molecule has 0 saturated heterocycles. The second-order valence-corrected chi connectivity index (χ2v) is 7.97. The van der Waals surface area contributed by atoms with E-state index in [2.05, 4.69) is 19.9 Å². The van der Waals surface area contributed by atoms with E-state index in [0.29, 0.717) is 17.0 Å². The van der Waals surface area contributed by atoms with Crippen molar-refractivity contribution in [2.45, 2.75) is 84.5 Å². The van der Waals surface area contributed by atoms with Crippen LogP contribution < -0.4 is 0 Å². The molecule has 0 radical (unpaired) electrons.